The predicted octanol–water partition coefficient (Wildman–Crippen LogP) is 0.665. The lowest BCUT2D eigenvalue weighted by Gasteiger charge is -2.36. The van der Waals surface area contributed by atoms with E-state index in [1.165, 1.54) is 4.57 Å². The standard InChI is InChI=1S/C18H17N3O3/c1-24-7-18-11-9-10(11)15-13(18)12(18)14(9)20-16(22)19(17(23)21(15)20)8-5-3-2-4-6-8/h2-6,9-15H,7H2,1H3/t9-,10+,11?,12-,13+,14-,15-,18?/m1/s1. The van der Waals surface area contributed by atoms with Crippen molar-refractivity contribution >= 4 is 0 Å². The molecule has 0 N–H and O–H groups in total. The minimum Gasteiger partial charge on any atom is -0.384 e. The zero-order valence-corrected chi connectivity index (χ0v) is 13.2. The van der Waals surface area contributed by atoms with Crippen LogP contribution in [0.15, 0.2) is 39.9 Å². The molecule has 0 radical (unpaired) electrons. The largest absolute Gasteiger partial charge is 0.384 e. The van der Waals surface area contributed by atoms with Crippen LogP contribution in [0.5, 0.6) is 0 Å². The van der Waals surface area contributed by atoms with Crippen molar-refractivity contribution in [3.63, 3.8) is 0 Å². The lowest BCUT2D eigenvalue weighted by Crippen LogP contribution is -2.45. The van der Waals surface area contributed by atoms with Gasteiger partial charge in [-0.05, 0) is 41.7 Å². The van der Waals surface area contributed by atoms with Crippen LogP contribution in [0.1, 0.15) is 12.1 Å². The third-order valence-corrected chi connectivity index (χ3v) is 7.78. The Morgan fingerprint density at radius 2 is 1.54 bits per heavy atom. The van der Waals surface area contributed by atoms with E-state index in [2.05, 4.69) is 0 Å². The Bertz CT molecular complexity index is 977. The van der Waals surface area contributed by atoms with E-state index in [9.17, 15) is 9.59 Å². The second-order valence-electron chi connectivity index (χ2n) is 8.18. The van der Waals surface area contributed by atoms with Gasteiger partial charge in [0, 0.05) is 12.5 Å². The predicted molar refractivity (Wildman–Crippen MR) is 84.1 cm³/mol. The number of para-hydroxylation sites is 1. The number of aromatic nitrogens is 3. The summed E-state index contributed by atoms with van der Waals surface area (Å²) in [5.41, 5.74) is 0.609. The van der Waals surface area contributed by atoms with Crippen molar-refractivity contribution < 1.29 is 4.74 Å². The van der Waals surface area contributed by atoms with Gasteiger partial charge in [0.2, 0.25) is 0 Å². The maximum atomic E-state index is 13.1. The van der Waals surface area contributed by atoms with E-state index in [-0.39, 0.29) is 28.9 Å². The Morgan fingerprint density at radius 1 is 0.958 bits per heavy atom. The summed E-state index contributed by atoms with van der Waals surface area (Å²) in [4.78, 5) is 26.2. The van der Waals surface area contributed by atoms with Gasteiger partial charge in [-0.15, -0.1) is 0 Å². The second kappa shape index (κ2) is 3.33. The van der Waals surface area contributed by atoms with Gasteiger partial charge in [-0.2, -0.15) is 0 Å². The third-order valence-electron chi connectivity index (χ3n) is 7.78. The first-order chi connectivity index (χ1) is 11.7. The van der Waals surface area contributed by atoms with Crippen LogP contribution in [0.3, 0.4) is 0 Å². The van der Waals surface area contributed by atoms with Crippen LogP contribution in [-0.4, -0.2) is 27.6 Å². The van der Waals surface area contributed by atoms with Crippen LogP contribution in [0.2, 0.25) is 0 Å². The molecule has 6 nitrogen and oxygen atoms in total. The normalized spacial score (nSPS) is 47.0. The maximum absolute atomic E-state index is 13.1. The van der Waals surface area contributed by atoms with Gasteiger partial charge in [-0.1, -0.05) is 18.2 Å². The molecule has 2 bridgehead atoms. The van der Waals surface area contributed by atoms with Gasteiger partial charge in [-0.3, -0.25) is 0 Å². The minimum atomic E-state index is -0.163. The SMILES string of the molecule is COCC12C3[C@@H]4[C@H]3[C@@H]3[C@H]1[C@H]2[C@@H]4n1c(=O)n(-c2ccccc2)c(=O)n13. The number of nitrogens with zero attached hydrogens (tertiary/aromatic N) is 3. The van der Waals surface area contributed by atoms with E-state index in [0.717, 1.165) is 6.61 Å². The zero-order chi connectivity index (χ0) is 16.0. The summed E-state index contributed by atoms with van der Waals surface area (Å²) in [5, 5.41) is 0. The van der Waals surface area contributed by atoms with Crippen LogP contribution in [0, 0.1) is 35.0 Å². The van der Waals surface area contributed by atoms with Crippen LogP contribution in [-0.2, 0) is 4.74 Å². The molecule has 4 aliphatic carbocycles. The minimum absolute atomic E-state index is 0.163. The molecule has 8 atom stereocenters. The fraction of sp³-hybridized carbons (Fsp3) is 0.556. The van der Waals surface area contributed by atoms with Crippen molar-refractivity contribution in [1.82, 2.24) is 13.9 Å². The highest BCUT2D eigenvalue weighted by Crippen LogP contribution is 2.97. The van der Waals surface area contributed by atoms with Crippen molar-refractivity contribution in [2.45, 2.75) is 12.1 Å². The molecule has 1 aromatic heterocycles. The number of methoxy groups -OCH3 is 1. The summed E-state index contributed by atoms with van der Waals surface area (Å²) < 4.78 is 10.5. The molecule has 8 rings (SSSR count). The van der Waals surface area contributed by atoms with E-state index in [1.54, 1.807) is 7.11 Å². The Labute approximate surface area is 137 Å². The van der Waals surface area contributed by atoms with Crippen LogP contribution < -0.4 is 11.4 Å². The van der Waals surface area contributed by atoms with Gasteiger partial charge in [0.15, 0.2) is 0 Å². The molecule has 2 unspecified atom stereocenters. The molecule has 0 amide bonds. The van der Waals surface area contributed by atoms with Gasteiger partial charge in [0.1, 0.15) is 0 Å². The summed E-state index contributed by atoms with van der Waals surface area (Å²) in [6, 6.07) is 9.72. The van der Waals surface area contributed by atoms with Crippen molar-refractivity contribution in [2.24, 2.45) is 35.0 Å². The molecule has 4 saturated carbocycles. The van der Waals surface area contributed by atoms with Crippen LogP contribution in [0.4, 0.5) is 0 Å². The first-order valence-corrected chi connectivity index (χ1v) is 8.74. The van der Waals surface area contributed by atoms with Gasteiger partial charge in [0.25, 0.3) is 0 Å². The van der Waals surface area contributed by atoms with E-state index in [0.29, 0.717) is 35.3 Å². The molecule has 122 valence electrons. The smallest absolute Gasteiger partial charge is 0.352 e. The molecular formula is C18H17N3O3. The summed E-state index contributed by atoms with van der Waals surface area (Å²) in [7, 11) is 1.77. The van der Waals surface area contributed by atoms with E-state index in [1.807, 2.05) is 39.7 Å². The van der Waals surface area contributed by atoms with Gasteiger partial charge in [0.05, 0.1) is 24.4 Å². The van der Waals surface area contributed by atoms with E-state index in [4.69, 9.17) is 4.74 Å². The summed E-state index contributed by atoms with van der Waals surface area (Å²) >= 11 is 0. The molecule has 1 aromatic carbocycles. The molecule has 4 fully saturated rings. The number of rotatable bonds is 3. The summed E-state index contributed by atoms with van der Waals surface area (Å²) in [6.45, 7) is 0.791. The Morgan fingerprint density at radius 3 is 2.08 bits per heavy atom. The average molecular weight is 323 g/mol. The number of hydrogen-bond donors (Lipinski definition) is 0. The van der Waals surface area contributed by atoms with Crippen molar-refractivity contribution in [1.29, 1.82) is 0 Å². The highest BCUT2D eigenvalue weighted by atomic mass is 16.5. The molecule has 2 aromatic rings. The molecule has 24 heavy (non-hydrogen) atoms. The first kappa shape index (κ1) is 12.3. The van der Waals surface area contributed by atoms with E-state index < -0.39 is 0 Å². The van der Waals surface area contributed by atoms with Crippen LogP contribution >= 0.6 is 0 Å². The lowest BCUT2D eigenvalue weighted by atomic mass is 9.89. The number of ether oxygens (including phenoxy) is 1. The molecule has 0 spiro atoms. The summed E-state index contributed by atoms with van der Waals surface area (Å²) in [5.74, 6) is 2.98. The monoisotopic (exact) mass is 323 g/mol. The first-order valence-electron chi connectivity index (χ1n) is 8.74. The van der Waals surface area contributed by atoms with Gasteiger partial charge in [-0.25, -0.2) is 23.5 Å². The topological polar surface area (TPSA) is 58.2 Å². The second-order valence-corrected chi connectivity index (χ2v) is 8.18. The molecule has 2 aliphatic heterocycles. The van der Waals surface area contributed by atoms with Crippen LogP contribution in [0.25, 0.3) is 5.69 Å². The van der Waals surface area contributed by atoms with Crippen molar-refractivity contribution in [2.75, 3.05) is 13.7 Å². The Balaban J connectivity index is 1.49. The molecular weight excluding hydrogens is 306 g/mol. The third kappa shape index (κ3) is 0.922. The van der Waals surface area contributed by atoms with E-state index >= 15 is 0 Å². The Kier molecular flexibility index (Phi) is 1.71. The zero-order valence-electron chi connectivity index (χ0n) is 13.2. The van der Waals surface area contributed by atoms with Crippen molar-refractivity contribution in [3.05, 3.63) is 51.3 Å². The molecule has 3 heterocycles. The number of benzene rings is 1. The quantitative estimate of drug-likeness (QED) is 0.834. The highest BCUT2D eigenvalue weighted by Gasteiger charge is 2.97. The lowest BCUT2D eigenvalue weighted by molar-refractivity contribution is 0.112. The molecule has 6 heteroatoms. The number of hydrogen-bond acceptors (Lipinski definition) is 3. The van der Waals surface area contributed by atoms with Crippen molar-refractivity contribution in [3.8, 4) is 5.69 Å². The van der Waals surface area contributed by atoms with Gasteiger partial charge >= 0.3 is 11.4 Å². The fourth-order valence-corrected chi connectivity index (χ4v) is 7.44. The fourth-order valence-electron chi connectivity index (χ4n) is 7.44. The summed E-state index contributed by atoms with van der Waals surface area (Å²) in [6.07, 6.45) is 0. The molecule has 0 saturated heterocycles. The maximum Gasteiger partial charge on any atom is 0.352 e. The molecule has 6 aliphatic rings. The highest BCUT2D eigenvalue weighted by molar-refractivity contribution is 5.44. The Hall–Kier alpha value is -2.08. The average Bonchev–Trinajstić information content (AvgIpc) is 3.41. The van der Waals surface area contributed by atoms with Gasteiger partial charge < -0.3 is 4.74 Å².